The summed E-state index contributed by atoms with van der Waals surface area (Å²) in [5, 5.41) is 6.79. The first-order valence-electron chi connectivity index (χ1n) is 10.6. The zero-order valence-corrected chi connectivity index (χ0v) is 21.9. The van der Waals surface area contributed by atoms with Gasteiger partial charge in [0.25, 0.3) is 15.9 Å². The Balaban J connectivity index is 1.80. The SMILES string of the molecule is CC(=O)Nc1ccc(/C(C)=N\NC(=O)CN(c2ccc(Br)cc2)S(=O)(=O)c2ccc(C)cc2)cc1. The first-order chi connectivity index (χ1) is 16.6. The van der Waals surface area contributed by atoms with Crippen LogP contribution >= 0.6 is 15.9 Å². The van der Waals surface area contributed by atoms with Crippen LogP contribution in [-0.4, -0.2) is 32.5 Å². The van der Waals surface area contributed by atoms with Crippen molar-refractivity contribution in [3.63, 3.8) is 0 Å². The van der Waals surface area contributed by atoms with Gasteiger partial charge in [-0.3, -0.25) is 13.9 Å². The second-order valence-electron chi connectivity index (χ2n) is 7.79. The van der Waals surface area contributed by atoms with Crippen molar-refractivity contribution >= 4 is 54.9 Å². The Bertz CT molecular complexity index is 1340. The lowest BCUT2D eigenvalue weighted by Gasteiger charge is -2.24. The lowest BCUT2D eigenvalue weighted by molar-refractivity contribution is -0.119. The van der Waals surface area contributed by atoms with Gasteiger partial charge in [-0.25, -0.2) is 13.8 Å². The van der Waals surface area contributed by atoms with Crippen LogP contribution in [0.3, 0.4) is 0 Å². The van der Waals surface area contributed by atoms with Gasteiger partial charge in [0, 0.05) is 17.1 Å². The van der Waals surface area contributed by atoms with E-state index in [2.05, 4.69) is 31.8 Å². The highest BCUT2D eigenvalue weighted by Crippen LogP contribution is 2.25. The van der Waals surface area contributed by atoms with Gasteiger partial charge in [-0.05, 0) is 67.9 Å². The van der Waals surface area contributed by atoms with Crippen molar-refractivity contribution in [3.05, 3.63) is 88.4 Å². The van der Waals surface area contributed by atoms with Gasteiger partial charge in [0.05, 0.1) is 16.3 Å². The molecular weight excluding hydrogens is 532 g/mol. The van der Waals surface area contributed by atoms with E-state index in [0.717, 1.165) is 19.9 Å². The van der Waals surface area contributed by atoms with E-state index in [4.69, 9.17) is 0 Å². The van der Waals surface area contributed by atoms with E-state index < -0.39 is 22.5 Å². The highest BCUT2D eigenvalue weighted by molar-refractivity contribution is 9.10. The summed E-state index contributed by atoms with van der Waals surface area (Å²) in [7, 11) is -4.01. The van der Waals surface area contributed by atoms with E-state index >= 15 is 0 Å². The standard InChI is InChI=1S/C25H25BrN4O4S/c1-17-4-14-24(15-5-17)35(33,34)30(23-12-8-21(26)9-13-23)16-25(32)29-28-18(2)20-6-10-22(11-7-20)27-19(3)31/h4-15H,16H2,1-3H3,(H,27,31)(H,29,32)/b28-18-. The van der Waals surface area contributed by atoms with Crippen LogP contribution in [0.5, 0.6) is 0 Å². The van der Waals surface area contributed by atoms with Crippen LogP contribution < -0.4 is 15.0 Å². The molecule has 0 unspecified atom stereocenters. The molecule has 0 aromatic heterocycles. The van der Waals surface area contributed by atoms with Crippen LogP contribution in [0.25, 0.3) is 0 Å². The Morgan fingerprint density at radius 1 is 0.914 bits per heavy atom. The van der Waals surface area contributed by atoms with Gasteiger partial charge < -0.3 is 5.32 Å². The smallest absolute Gasteiger partial charge is 0.264 e. The lowest BCUT2D eigenvalue weighted by Crippen LogP contribution is -2.39. The highest BCUT2D eigenvalue weighted by Gasteiger charge is 2.27. The van der Waals surface area contributed by atoms with E-state index in [1.54, 1.807) is 67.6 Å². The van der Waals surface area contributed by atoms with Gasteiger partial charge in [-0.15, -0.1) is 0 Å². The quantitative estimate of drug-likeness (QED) is 0.315. The van der Waals surface area contributed by atoms with Crippen molar-refractivity contribution in [2.45, 2.75) is 25.7 Å². The van der Waals surface area contributed by atoms with Gasteiger partial charge in [0.2, 0.25) is 5.91 Å². The minimum Gasteiger partial charge on any atom is -0.326 e. The molecule has 2 N–H and O–H groups in total. The van der Waals surface area contributed by atoms with E-state index in [1.807, 2.05) is 6.92 Å². The number of nitrogens with one attached hydrogen (secondary N) is 2. The number of anilines is 2. The number of carbonyl (C=O) groups is 2. The summed E-state index contributed by atoms with van der Waals surface area (Å²) < 4.78 is 28.6. The Kier molecular flexibility index (Phi) is 8.42. The zero-order chi connectivity index (χ0) is 25.6. The van der Waals surface area contributed by atoms with Crippen molar-refractivity contribution in [1.29, 1.82) is 0 Å². The maximum absolute atomic E-state index is 13.4. The first-order valence-corrected chi connectivity index (χ1v) is 12.9. The molecule has 0 aliphatic carbocycles. The van der Waals surface area contributed by atoms with E-state index in [9.17, 15) is 18.0 Å². The number of benzene rings is 3. The van der Waals surface area contributed by atoms with Gasteiger partial charge in [-0.2, -0.15) is 5.10 Å². The predicted molar refractivity (Wildman–Crippen MR) is 141 cm³/mol. The summed E-state index contributed by atoms with van der Waals surface area (Å²) in [4.78, 5) is 24.0. The topological polar surface area (TPSA) is 108 Å². The molecule has 3 aromatic carbocycles. The number of halogens is 1. The average molecular weight is 557 g/mol. The fraction of sp³-hybridized carbons (Fsp3) is 0.160. The average Bonchev–Trinajstić information content (AvgIpc) is 2.82. The summed E-state index contributed by atoms with van der Waals surface area (Å²) in [6.07, 6.45) is 0. The molecule has 0 saturated heterocycles. The molecular formula is C25H25BrN4O4S. The Morgan fingerprint density at radius 3 is 2.09 bits per heavy atom. The van der Waals surface area contributed by atoms with Crippen LogP contribution in [0, 0.1) is 6.92 Å². The normalized spacial score (nSPS) is 11.6. The van der Waals surface area contributed by atoms with Crippen LogP contribution in [0.1, 0.15) is 25.0 Å². The highest BCUT2D eigenvalue weighted by atomic mass is 79.9. The summed E-state index contributed by atoms with van der Waals surface area (Å²) in [5.74, 6) is -0.774. The van der Waals surface area contributed by atoms with Crippen molar-refractivity contribution < 1.29 is 18.0 Å². The molecule has 3 aromatic rings. The monoisotopic (exact) mass is 556 g/mol. The Labute approximate surface area is 213 Å². The molecule has 0 aliphatic rings. The van der Waals surface area contributed by atoms with E-state index in [-0.39, 0.29) is 10.8 Å². The number of carbonyl (C=O) groups excluding carboxylic acids is 2. The van der Waals surface area contributed by atoms with Crippen LogP contribution in [0.2, 0.25) is 0 Å². The van der Waals surface area contributed by atoms with Crippen molar-refractivity contribution in [2.75, 3.05) is 16.2 Å². The fourth-order valence-corrected chi connectivity index (χ4v) is 4.82. The van der Waals surface area contributed by atoms with Crippen LogP contribution in [0.4, 0.5) is 11.4 Å². The third kappa shape index (κ3) is 7.00. The number of hydrogen-bond donors (Lipinski definition) is 2. The van der Waals surface area contributed by atoms with E-state index in [0.29, 0.717) is 17.1 Å². The number of hydrazone groups is 1. The summed E-state index contributed by atoms with van der Waals surface area (Å²) in [6, 6.07) is 20.1. The molecule has 0 saturated carbocycles. The summed E-state index contributed by atoms with van der Waals surface area (Å²) in [6.45, 7) is 4.54. The van der Waals surface area contributed by atoms with E-state index in [1.165, 1.54) is 19.1 Å². The van der Waals surface area contributed by atoms with Gasteiger partial charge >= 0.3 is 0 Å². The lowest BCUT2D eigenvalue weighted by atomic mass is 10.1. The molecule has 0 spiro atoms. The van der Waals surface area contributed by atoms with Crippen molar-refractivity contribution in [2.24, 2.45) is 5.10 Å². The van der Waals surface area contributed by atoms with Gasteiger partial charge in [0.1, 0.15) is 6.54 Å². The van der Waals surface area contributed by atoms with Gasteiger partial charge in [0.15, 0.2) is 0 Å². The molecule has 10 heteroatoms. The minimum absolute atomic E-state index is 0.0813. The second-order valence-corrected chi connectivity index (χ2v) is 10.6. The zero-order valence-electron chi connectivity index (χ0n) is 19.4. The number of sulfonamides is 1. The van der Waals surface area contributed by atoms with Crippen molar-refractivity contribution in [3.8, 4) is 0 Å². The fourth-order valence-electron chi connectivity index (χ4n) is 3.13. The predicted octanol–water partition coefficient (Wildman–Crippen LogP) is 4.45. The minimum atomic E-state index is -4.01. The number of hydrogen-bond acceptors (Lipinski definition) is 5. The molecule has 2 amide bonds. The first kappa shape index (κ1) is 26.1. The largest absolute Gasteiger partial charge is 0.326 e. The molecule has 0 fully saturated rings. The molecule has 182 valence electrons. The summed E-state index contributed by atoms with van der Waals surface area (Å²) >= 11 is 3.34. The molecule has 0 bridgehead atoms. The molecule has 0 aliphatic heterocycles. The third-order valence-corrected chi connectivity index (χ3v) is 7.30. The van der Waals surface area contributed by atoms with Crippen LogP contribution in [-0.2, 0) is 19.6 Å². The summed E-state index contributed by atoms with van der Waals surface area (Å²) in [5.41, 5.74) is 5.60. The number of nitrogens with zero attached hydrogens (tertiary/aromatic N) is 2. The molecule has 35 heavy (non-hydrogen) atoms. The second kappa shape index (κ2) is 11.3. The molecule has 0 heterocycles. The van der Waals surface area contributed by atoms with Crippen molar-refractivity contribution in [1.82, 2.24) is 5.43 Å². The van der Waals surface area contributed by atoms with Crippen LogP contribution in [0.15, 0.2) is 87.3 Å². The maximum atomic E-state index is 13.4. The Morgan fingerprint density at radius 2 is 1.51 bits per heavy atom. The number of amides is 2. The molecule has 0 atom stereocenters. The molecule has 0 radical (unpaired) electrons. The molecule has 3 rings (SSSR count). The number of aryl methyl sites for hydroxylation is 1. The maximum Gasteiger partial charge on any atom is 0.264 e. The third-order valence-electron chi connectivity index (χ3n) is 4.98. The molecule has 8 nitrogen and oxygen atoms in total. The van der Waals surface area contributed by atoms with Gasteiger partial charge in [-0.1, -0.05) is 45.8 Å². The Hall–Kier alpha value is -3.50. The number of rotatable bonds is 8.